The van der Waals surface area contributed by atoms with Gasteiger partial charge in [0.1, 0.15) is 18.2 Å². The normalized spacial score (nSPS) is 16.1. The third-order valence-corrected chi connectivity index (χ3v) is 4.29. The van der Waals surface area contributed by atoms with Crippen molar-refractivity contribution in [2.75, 3.05) is 13.1 Å². The molecule has 7 heteroatoms. The molecule has 23 heavy (non-hydrogen) atoms. The molecular weight excluding hydrogens is 294 g/mol. The predicted molar refractivity (Wildman–Crippen MR) is 82.7 cm³/mol. The molecule has 0 atom stereocenters. The molecule has 0 bridgehead atoms. The minimum Gasteiger partial charge on any atom is -0.432 e. The summed E-state index contributed by atoms with van der Waals surface area (Å²) in [4.78, 5) is 22.6. The van der Waals surface area contributed by atoms with Crippen molar-refractivity contribution in [3.8, 4) is 0 Å². The van der Waals surface area contributed by atoms with Crippen molar-refractivity contribution in [3.63, 3.8) is 0 Å². The smallest absolute Gasteiger partial charge is 0.309 e. The first-order valence-corrected chi connectivity index (χ1v) is 7.77. The monoisotopic (exact) mass is 311 g/mol. The lowest BCUT2D eigenvalue weighted by molar-refractivity contribution is 0.0643. The second-order valence-corrected chi connectivity index (χ2v) is 5.84. The number of benzene rings is 1. The van der Waals surface area contributed by atoms with Crippen LogP contribution < -0.4 is 0 Å². The van der Waals surface area contributed by atoms with Crippen LogP contribution >= 0.6 is 0 Å². The Kier molecular flexibility index (Phi) is 3.53. The van der Waals surface area contributed by atoms with Gasteiger partial charge in [0.15, 0.2) is 5.58 Å². The number of likely N-dealkylation sites (tertiary alicyclic amines) is 1. The van der Waals surface area contributed by atoms with Gasteiger partial charge in [0, 0.05) is 19.6 Å². The summed E-state index contributed by atoms with van der Waals surface area (Å²) < 4.78 is 7.42. The Morgan fingerprint density at radius 2 is 2.09 bits per heavy atom. The third-order valence-electron chi connectivity index (χ3n) is 4.29. The Morgan fingerprint density at radius 3 is 2.83 bits per heavy atom. The number of carbonyl (C=O) groups is 1. The average Bonchev–Trinajstić information content (AvgIpc) is 3.24. The Labute approximate surface area is 132 Å². The molecule has 3 aromatic rings. The predicted octanol–water partition coefficient (Wildman–Crippen LogP) is 1.97. The summed E-state index contributed by atoms with van der Waals surface area (Å²) in [6.07, 6.45) is 5.18. The number of para-hydroxylation sites is 2. The zero-order valence-electron chi connectivity index (χ0n) is 12.6. The molecule has 1 fully saturated rings. The molecule has 1 aliphatic rings. The van der Waals surface area contributed by atoms with Crippen LogP contribution in [-0.2, 0) is 6.54 Å². The minimum atomic E-state index is -0.125. The molecule has 1 amide bonds. The summed E-state index contributed by atoms with van der Waals surface area (Å²) in [5, 5.41) is 4.14. The van der Waals surface area contributed by atoms with E-state index in [0.717, 1.165) is 38.0 Å². The van der Waals surface area contributed by atoms with Crippen molar-refractivity contribution in [1.29, 1.82) is 0 Å². The molecule has 0 unspecified atom stereocenters. The number of hydrogen-bond donors (Lipinski definition) is 0. The molecule has 118 valence electrons. The van der Waals surface area contributed by atoms with Gasteiger partial charge < -0.3 is 9.32 Å². The number of fused-ring (bicyclic) bond motifs is 1. The first-order chi connectivity index (χ1) is 11.3. The highest BCUT2D eigenvalue weighted by atomic mass is 16.4. The molecule has 0 aliphatic carbocycles. The lowest BCUT2D eigenvalue weighted by atomic mass is 9.97. The molecule has 1 aromatic carbocycles. The summed E-state index contributed by atoms with van der Waals surface area (Å²) in [6, 6.07) is 7.43. The molecule has 3 heterocycles. The zero-order valence-corrected chi connectivity index (χ0v) is 12.6. The van der Waals surface area contributed by atoms with Gasteiger partial charge in [-0.15, -0.1) is 0 Å². The second kappa shape index (κ2) is 5.83. The highest BCUT2D eigenvalue weighted by Gasteiger charge is 2.27. The highest BCUT2D eigenvalue weighted by molar-refractivity contribution is 5.92. The van der Waals surface area contributed by atoms with Crippen LogP contribution in [0.15, 0.2) is 41.3 Å². The van der Waals surface area contributed by atoms with Crippen molar-refractivity contribution in [1.82, 2.24) is 24.6 Å². The molecule has 1 saturated heterocycles. The van der Waals surface area contributed by atoms with E-state index >= 15 is 0 Å². The maximum atomic E-state index is 12.5. The van der Waals surface area contributed by atoms with Gasteiger partial charge in [-0.05, 0) is 30.9 Å². The fourth-order valence-electron chi connectivity index (χ4n) is 3.01. The zero-order chi connectivity index (χ0) is 15.6. The largest absolute Gasteiger partial charge is 0.432 e. The summed E-state index contributed by atoms with van der Waals surface area (Å²) in [6.45, 7) is 2.29. The van der Waals surface area contributed by atoms with Gasteiger partial charge in [-0.25, -0.2) is 9.97 Å². The van der Waals surface area contributed by atoms with E-state index in [1.165, 1.54) is 0 Å². The van der Waals surface area contributed by atoms with Gasteiger partial charge in [0.25, 0.3) is 5.89 Å². The molecule has 7 nitrogen and oxygen atoms in total. The number of oxazole rings is 1. The summed E-state index contributed by atoms with van der Waals surface area (Å²) in [5.74, 6) is 0.575. The summed E-state index contributed by atoms with van der Waals surface area (Å²) in [5.41, 5.74) is 1.37. The van der Waals surface area contributed by atoms with Crippen LogP contribution in [-0.4, -0.2) is 43.6 Å². The average molecular weight is 311 g/mol. The quantitative estimate of drug-likeness (QED) is 0.739. The van der Waals surface area contributed by atoms with Crippen LogP contribution in [0.1, 0.15) is 23.5 Å². The number of aromatic nitrogens is 4. The second-order valence-electron chi connectivity index (χ2n) is 5.84. The van der Waals surface area contributed by atoms with Crippen LogP contribution in [0.25, 0.3) is 11.1 Å². The Morgan fingerprint density at radius 1 is 1.26 bits per heavy atom. The Bertz CT molecular complexity index is 770. The Balaban J connectivity index is 1.40. The van der Waals surface area contributed by atoms with Crippen molar-refractivity contribution >= 4 is 17.0 Å². The maximum absolute atomic E-state index is 12.5. The van der Waals surface area contributed by atoms with Crippen molar-refractivity contribution in [2.45, 2.75) is 19.4 Å². The first kappa shape index (κ1) is 13.9. The number of hydrogen-bond acceptors (Lipinski definition) is 5. The first-order valence-electron chi connectivity index (χ1n) is 7.77. The summed E-state index contributed by atoms with van der Waals surface area (Å²) >= 11 is 0. The van der Waals surface area contributed by atoms with Crippen molar-refractivity contribution in [3.05, 3.63) is 42.8 Å². The maximum Gasteiger partial charge on any atom is 0.309 e. The molecule has 4 rings (SSSR count). The standard InChI is InChI=1S/C16H17N5O2/c22-16(15-19-13-3-1-2-4-14(13)23-15)20-7-5-12(6-8-20)9-21-11-17-10-18-21/h1-4,10-12H,5-9H2. The molecule has 1 aliphatic heterocycles. The molecule has 0 saturated carbocycles. The SMILES string of the molecule is O=C(c1nc2ccccc2o1)N1CCC(Cn2cncn2)CC1. The van der Waals surface area contributed by atoms with E-state index in [4.69, 9.17) is 4.42 Å². The van der Waals surface area contributed by atoms with E-state index in [-0.39, 0.29) is 11.8 Å². The number of rotatable bonds is 3. The lowest BCUT2D eigenvalue weighted by Crippen LogP contribution is -2.39. The molecular formula is C16H17N5O2. The molecule has 0 radical (unpaired) electrons. The molecule has 0 spiro atoms. The van der Waals surface area contributed by atoms with Gasteiger partial charge in [0.05, 0.1) is 0 Å². The topological polar surface area (TPSA) is 77.0 Å². The Hall–Kier alpha value is -2.70. The van der Waals surface area contributed by atoms with Crippen molar-refractivity contribution in [2.24, 2.45) is 5.92 Å². The fraction of sp³-hybridized carbons (Fsp3) is 0.375. The number of carbonyl (C=O) groups excluding carboxylic acids is 1. The number of nitrogens with zero attached hydrogens (tertiary/aromatic N) is 5. The third kappa shape index (κ3) is 2.81. The highest BCUT2D eigenvalue weighted by Crippen LogP contribution is 2.22. The van der Waals surface area contributed by atoms with Gasteiger partial charge in [0.2, 0.25) is 0 Å². The number of amides is 1. The van der Waals surface area contributed by atoms with E-state index in [2.05, 4.69) is 15.1 Å². The lowest BCUT2D eigenvalue weighted by Gasteiger charge is -2.30. The van der Waals surface area contributed by atoms with Gasteiger partial charge in [-0.2, -0.15) is 5.10 Å². The van der Waals surface area contributed by atoms with Crippen LogP contribution in [0.5, 0.6) is 0 Å². The van der Waals surface area contributed by atoms with Gasteiger partial charge in [-0.1, -0.05) is 12.1 Å². The van der Waals surface area contributed by atoms with Gasteiger partial charge >= 0.3 is 5.91 Å². The van der Waals surface area contributed by atoms with Crippen LogP contribution in [0.2, 0.25) is 0 Å². The van der Waals surface area contributed by atoms with Crippen molar-refractivity contribution < 1.29 is 9.21 Å². The van der Waals surface area contributed by atoms with E-state index in [0.29, 0.717) is 11.5 Å². The number of piperidine rings is 1. The van der Waals surface area contributed by atoms with E-state index < -0.39 is 0 Å². The van der Waals surface area contributed by atoms with E-state index in [1.807, 2.05) is 33.8 Å². The van der Waals surface area contributed by atoms with E-state index in [9.17, 15) is 4.79 Å². The minimum absolute atomic E-state index is 0.125. The summed E-state index contributed by atoms with van der Waals surface area (Å²) in [7, 11) is 0. The van der Waals surface area contributed by atoms with Crippen LogP contribution in [0.4, 0.5) is 0 Å². The van der Waals surface area contributed by atoms with Crippen LogP contribution in [0, 0.1) is 5.92 Å². The fourth-order valence-corrected chi connectivity index (χ4v) is 3.01. The molecule has 2 aromatic heterocycles. The van der Waals surface area contributed by atoms with Crippen LogP contribution in [0.3, 0.4) is 0 Å². The molecule has 0 N–H and O–H groups in total. The van der Waals surface area contributed by atoms with Gasteiger partial charge in [-0.3, -0.25) is 9.48 Å². The van der Waals surface area contributed by atoms with E-state index in [1.54, 1.807) is 12.7 Å².